The number of nitrogens with one attached hydrogen (secondary N) is 2. The fraction of sp³-hybridized carbons (Fsp3) is 0.444. The van der Waals surface area contributed by atoms with E-state index in [9.17, 15) is 9.18 Å². The summed E-state index contributed by atoms with van der Waals surface area (Å²) in [6.45, 7) is 21.8. The second kappa shape index (κ2) is 11.7. The van der Waals surface area contributed by atoms with Gasteiger partial charge in [-0.05, 0) is 70.1 Å². The van der Waals surface area contributed by atoms with Crippen molar-refractivity contribution in [1.82, 2.24) is 15.5 Å². The van der Waals surface area contributed by atoms with Crippen molar-refractivity contribution >= 4 is 5.91 Å². The Morgan fingerprint density at radius 1 is 1.19 bits per heavy atom. The van der Waals surface area contributed by atoms with Crippen molar-refractivity contribution in [3.05, 3.63) is 83.7 Å². The molecule has 0 saturated carbocycles. The Hall–Kier alpha value is -2.82. The number of carbonyl (C=O) groups excluding carboxylic acids is 1. The fourth-order valence-corrected chi connectivity index (χ4v) is 4.30. The summed E-state index contributed by atoms with van der Waals surface area (Å²) in [6, 6.07) is -0.278. The van der Waals surface area contributed by atoms with Crippen LogP contribution in [0, 0.1) is 5.92 Å². The number of nitrogens with zero attached hydrogens (tertiary/aromatic N) is 1. The van der Waals surface area contributed by atoms with Crippen LogP contribution in [-0.2, 0) is 4.79 Å². The first kappa shape index (κ1) is 25.4. The quantitative estimate of drug-likeness (QED) is 0.315. The van der Waals surface area contributed by atoms with Gasteiger partial charge in [-0.25, -0.2) is 4.39 Å². The van der Waals surface area contributed by atoms with Crippen LogP contribution in [0.25, 0.3) is 0 Å². The van der Waals surface area contributed by atoms with Crippen molar-refractivity contribution in [2.45, 2.75) is 59.4 Å². The van der Waals surface area contributed by atoms with Crippen molar-refractivity contribution in [2.24, 2.45) is 5.92 Å². The maximum Gasteiger partial charge on any atom is 0.253 e. The molecular formula is C27H38FN3O. The largest absolute Gasteiger partial charge is 0.379 e. The molecule has 1 amide bonds. The molecule has 1 atom stereocenters. The summed E-state index contributed by atoms with van der Waals surface area (Å²) in [5.74, 6) is 0.229. The van der Waals surface area contributed by atoms with E-state index in [4.69, 9.17) is 0 Å². The van der Waals surface area contributed by atoms with Gasteiger partial charge in [0.05, 0.1) is 11.9 Å². The van der Waals surface area contributed by atoms with Crippen LogP contribution in [0.4, 0.5) is 4.39 Å². The number of carbonyl (C=O) groups is 1. The van der Waals surface area contributed by atoms with E-state index < -0.39 is 0 Å². The Morgan fingerprint density at radius 3 is 2.41 bits per heavy atom. The van der Waals surface area contributed by atoms with Gasteiger partial charge in [-0.2, -0.15) is 0 Å². The Labute approximate surface area is 193 Å². The van der Waals surface area contributed by atoms with Gasteiger partial charge in [0.25, 0.3) is 5.91 Å². The molecule has 0 spiro atoms. The topological polar surface area (TPSA) is 44.4 Å². The summed E-state index contributed by atoms with van der Waals surface area (Å²) >= 11 is 0. The zero-order valence-corrected chi connectivity index (χ0v) is 20.1. The molecule has 4 nitrogen and oxygen atoms in total. The lowest BCUT2D eigenvalue weighted by Gasteiger charge is -2.42. The monoisotopic (exact) mass is 439 g/mol. The molecule has 3 aliphatic rings. The molecule has 1 unspecified atom stereocenters. The van der Waals surface area contributed by atoms with E-state index in [0.717, 1.165) is 18.7 Å². The number of amides is 1. The van der Waals surface area contributed by atoms with E-state index in [1.807, 2.05) is 19.9 Å². The highest BCUT2D eigenvalue weighted by atomic mass is 19.1. The number of rotatable bonds is 11. The van der Waals surface area contributed by atoms with Gasteiger partial charge < -0.3 is 15.5 Å². The Kier molecular flexibility index (Phi) is 9.30. The van der Waals surface area contributed by atoms with Crippen molar-refractivity contribution in [2.75, 3.05) is 13.1 Å². The molecule has 174 valence electrons. The molecule has 1 fully saturated rings. The minimum absolute atomic E-state index is 0.170. The van der Waals surface area contributed by atoms with Gasteiger partial charge in [0.2, 0.25) is 0 Å². The summed E-state index contributed by atoms with van der Waals surface area (Å²) in [7, 11) is 0. The summed E-state index contributed by atoms with van der Waals surface area (Å²) in [5.41, 5.74) is 5.15. The zero-order chi connectivity index (χ0) is 23.8. The number of allylic oxidation sites excluding steroid dienone is 8. The van der Waals surface area contributed by atoms with Gasteiger partial charge >= 0.3 is 0 Å². The van der Waals surface area contributed by atoms with Crippen LogP contribution in [0.2, 0.25) is 0 Å². The maximum absolute atomic E-state index is 13.4. The summed E-state index contributed by atoms with van der Waals surface area (Å²) < 4.78 is 13.4. The standard InChI is InChI=1S/C27H38FN3O/c1-8-24(28)12-10-18(3)20(5)30-21(6)25(9-2)27(32)29-19(4)11-13-26-22(7)31-16-14-23(26)15-17-31/h8-9,11,13,21,23,30H,3-5,10,12,14-17H2,1-2,6-7H3,(H,29,32)/b13-11-,24-8+,25-9+. The van der Waals surface area contributed by atoms with Crippen molar-refractivity contribution in [3.63, 3.8) is 0 Å². The van der Waals surface area contributed by atoms with Crippen LogP contribution in [0.1, 0.15) is 53.4 Å². The predicted octanol–water partition coefficient (Wildman–Crippen LogP) is 5.82. The Morgan fingerprint density at radius 2 is 1.84 bits per heavy atom. The predicted molar refractivity (Wildman–Crippen MR) is 132 cm³/mol. The first-order chi connectivity index (χ1) is 15.2. The van der Waals surface area contributed by atoms with Crippen LogP contribution in [0.15, 0.2) is 83.7 Å². The first-order valence-corrected chi connectivity index (χ1v) is 11.4. The molecule has 2 bridgehead atoms. The van der Waals surface area contributed by atoms with Gasteiger partial charge in [-0.15, -0.1) is 0 Å². The number of fused-ring (bicyclic) bond motifs is 2. The van der Waals surface area contributed by atoms with Gasteiger partial charge in [-0.3, -0.25) is 4.79 Å². The third-order valence-electron chi connectivity index (χ3n) is 6.40. The van der Waals surface area contributed by atoms with Crippen LogP contribution in [0.3, 0.4) is 0 Å². The summed E-state index contributed by atoms with van der Waals surface area (Å²) in [4.78, 5) is 15.3. The molecule has 3 aliphatic heterocycles. The van der Waals surface area contributed by atoms with Crippen molar-refractivity contribution in [1.29, 1.82) is 0 Å². The highest BCUT2D eigenvalue weighted by Gasteiger charge is 2.29. The molecule has 1 saturated heterocycles. The SMILES string of the molecule is C=C(/C=C\C1=C(C)N2CCC1CC2)NC(=O)/C(=C/C)C(C)NC(=C)C(=C)CC/C(F)=C\C. The molecule has 3 rings (SSSR count). The molecular weight excluding hydrogens is 401 g/mol. The second-order valence-corrected chi connectivity index (χ2v) is 8.54. The van der Waals surface area contributed by atoms with Crippen molar-refractivity contribution in [3.8, 4) is 0 Å². The zero-order valence-electron chi connectivity index (χ0n) is 20.1. The lowest BCUT2D eigenvalue weighted by molar-refractivity contribution is -0.117. The third kappa shape index (κ3) is 6.59. The van der Waals surface area contributed by atoms with Gasteiger partial charge in [0, 0.05) is 42.2 Å². The maximum atomic E-state index is 13.4. The molecule has 3 heterocycles. The molecule has 0 aromatic rings. The fourth-order valence-electron chi connectivity index (χ4n) is 4.30. The Balaban J connectivity index is 1.91. The number of halogens is 1. The van der Waals surface area contributed by atoms with E-state index in [-0.39, 0.29) is 17.8 Å². The minimum Gasteiger partial charge on any atom is -0.379 e. The number of hydrogen-bond acceptors (Lipinski definition) is 3. The average molecular weight is 440 g/mol. The van der Waals surface area contributed by atoms with Gasteiger partial charge in [0.1, 0.15) is 0 Å². The van der Waals surface area contributed by atoms with E-state index >= 15 is 0 Å². The molecule has 2 N–H and O–H groups in total. The van der Waals surface area contributed by atoms with E-state index in [1.54, 1.807) is 13.0 Å². The molecule has 5 heteroatoms. The summed E-state index contributed by atoms with van der Waals surface area (Å²) in [5, 5.41) is 6.10. The average Bonchev–Trinajstić information content (AvgIpc) is 2.77. The molecule has 0 aliphatic carbocycles. The molecule has 0 aromatic carbocycles. The van der Waals surface area contributed by atoms with Crippen molar-refractivity contribution < 1.29 is 9.18 Å². The van der Waals surface area contributed by atoms with Crippen LogP contribution < -0.4 is 10.6 Å². The van der Waals surface area contributed by atoms with Gasteiger partial charge in [0.15, 0.2) is 0 Å². The van der Waals surface area contributed by atoms with E-state index in [2.05, 4.69) is 48.3 Å². The Bertz CT molecular complexity index is 883. The highest BCUT2D eigenvalue weighted by Crippen LogP contribution is 2.36. The van der Waals surface area contributed by atoms with Crippen LogP contribution in [0.5, 0.6) is 0 Å². The lowest BCUT2D eigenvalue weighted by atomic mass is 9.83. The van der Waals surface area contributed by atoms with Crippen LogP contribution >= 0.6 is 0 Å². The smallest absolute Gasteiger partial charge is 0.253 e. The molecule has 32 heavy (non-hydrogen) atoms. The van der Waals surface area contributed by atoms with E-state index in [0.29, 0.717) is 35.7 Å². The lowest BCUT2D eigenvalue weighted by Crippen LogP contribution is -2.39. The highest BCUT2D eigenvalue weighted by molar-refractivity contribution is 5.95. The van der Waals surface area contributed by atoms with E-state index in [1.165, 1.54) is 30.2 Å². The molecule has 0 radical (unpaired) electrons. The first-order valence-electron chi connectivity index (χ1n) is 11.4. The second-order valence-electron chi connectivity index (χ2n) is 8.54. The minimum atomic E-state index is -0.278. The van der Waals surface area contributed by atoms with Gasteiger partial charge in [-0.1, -0.05) is 38.0 Å². The number of hydrogen-bond donors (Lipinski definition) is 2. The third-order valence-corrected chi connectivity index (χ3v) is 6.40. The van der Waals surface area contributed by atoms with Crippen LogP contribution in [-0.4, -0.2) is 29.9 Å². The normalized spacial score (nSPS) is 18.2. The molecule has 0 aromatic heterocycles. The number of piperidine rings is 1. The summed E-state index contributed by atoms with van der Waals surface area (Å²) in [6.07, 6.45) is 10.4.